The molecule has 1 rings (SSSR count). The third-order valence-corrected chi connectivity index (χ3v) is 2.52. The zero-order valence-electron chi connectivity index (χ0n) is 11.5. The predicted octanol–water partition coefficient (Wildman–Crippen LogP) is 3.29. The highest BCUT2D eigenvalue weighted by Gasteiger charge is 2.12. The van der Waals surface area contributed by atoms with Gasteiger partial charge in [0, 0.05) is 5.56 Å². The summed E-state index contributed by atoms with van der Waals surface area (Å²) in [5.74, 6) is 5.51. The van der Waals surface area contributed by atoms with Gasteiger partial charge in [0.25, 0.3) is 0 Å². The van der Waals surface area contributed by atoms with Crippen LogP contribution in [0.3, 0.4) is 0 Å². The van der Waals surface area contributed by atoms with Gasteiger partial charge in [-0.3, -0.25) is 4.79 Å². The first-order valence-corrected chi connectivity index (χ1v) is 6.18. The van der Waals surface area contributed by atoms with Crippen molar-refractivity contribution in [2.45, 2.75) is 39.5 Å². The molecular weight excluding hydrogens is 224 g/mol. The standard InChI is InChI=1S/C16H20O2/c1-5-18-15(17)8-6-7-13-9-11-14(12-10-13)16(2,3)4/h9-12H,5,8H2,1-4H3. The third-order valence-electron chi connectivity index (χ3n) is 2.52. The molecule has 0 saturated carbocycles. The first-order chi connectivity index (χ1) is 8.43. The Kier molecular flexibility index (Phi) is 4.97. The molecule has 0 spiro atoms. The van der Waals surface area contributed by atoms with Crippen LogP contribution in [0.2, 0.25) is 0 Å². The lowest BCUT2D eigenvalue weighted by atomic mass is 9.87. The molecule has 0 bridgehead atoms. The van der Waals surface area contributed by atoms with Crippen LogP contribution in [0, 0.1) is 11.8 Å². The molecule has 2 nitrogen and oxygen atoms in total. The zero-order chi connectivity index (χ0) is 13.6. The van der Waals surface area contributed by atoms with E-state index in [0.29, 0.717) is 6.61 Å². The first-order valence-electron chi connectivity index (χ1n) is 6.18. The van der Waals surface area contributed by atoms with Gasteiger partial charge in [0.15, 0.2) is 0 Å². The summed E-state index contributed by atoms with van der Waals surface area (Å²) in [6, 6.07) is 8.13. The van der Waals surface area contributed by atoms with Crippen LogP contribution in [-0.2, 0) is 14.9 Å². The van der Waals surface area contributed by atoms with Crippen LogP contribution in [0.1, 0.15) is 45.2 Å². The average molecular weight is 244 g/mol. The summed E-state index contributed by atoms with van der Waals surface area (Å²) in [7, 11) is 0. The van der Waals surface area contributed by atoms with Gasteiger partial charge in [-0.1, -0.05) is 44.7 Å². The summed E-state index contributed by atoms with van der Waals surface area (Å²) >= 11 is 0. The molecule has 1 aromatic carbocycles. The van der Waals surface area contributed by atoms with E-state index >= 15 is 0 Å². The van der Waals surface area contributed by atoms with Crippen LogP contribution in [0.5, 0.6) is 0 Å². The summed E-state index contributed by atoms with van der Waals surface area (Å²) in [4.78, 5) is 11.1. The van der Waals surface area contributed by atoms with Crippen LogP contribution in [0.25, 0.3) is 0 Å². The van der Waals surface area contributed by atoms with Crippen molar-refractivity contribution >= 4 is 5.97 Å². The SMILES string of the molecule is CCOC(=O)CC#Cc1ccc(C(C)(C)C)cc1. The Labute approximate surface area is 109 Å². The highest BCUT2D eigenvalue weighted by atomic mass is 16.5. The van der Waals surface area contributed by atoms with E-state index in [1.807, 2.05) is 12.1 Å². The molecule has 0 atom stereocenters. The van der Waals surface area contributed by atoms with E-state index in [-0.39, 0.29) is 17.8 Å². The Morgan fingerprint density at radius 3 is 2.33 bits per heavy atom. The van der Waals surface area contributed by atoms with Crippen LogP contribution in [0.15, 0.2) is 24.3 Å². The van der Waals surface area contributed by atoms with Crippen molar-refractivity contribution in [2.24, 2.45) is 0 Å². The maximum Gasteiger partial charge on any atom is 0.317 e. The number of carbonyl (C=O) groups is 1. The van der Waals surface area contributed by atoms with E-state index in [4.69, 9.17) is 4.74 Å². The molecule has 0 N–H and O–H groups in total. The molecule has 0 heterocycles. The molecular formula is C16H20O2. The Bertz CT molecular complexity index is 453. The highest BCUT2D eigenvalue weighted by molar-refractivity contribution is 5.72. The summed E-state index contributed by atoms with van der Waals surface area (Å²) in [5.41, 5.74) is 2.35. The van der Waals surface area contributed by atoms with Gasteiger partial charge >= 0.3 is 5.97 Å². The molecule has 0 aromatic heterocycles. The molecule has 0 radical (unpaired) electrons. The fraction of sp³-hybridized carbons (Fsp3) is 0.438. The number of ether oxygens (including phenoxy) is 1. The minimum absolute atomic E-state index is 0.148. The molecule has 0 saturated heterocycles. The molecule has 18 heavy (non-hydrogen) atoms. The number of esters is 1. The molecule has 0 aliphatic rings. The first kappa shape index (κ1) is 14.3. The predicted molar refractivity (Wildman–Crippen MR) is 73.3 cm³/mol. The van der Waals surface area contributed by atoms with Crippen molar-refractivity contribution in [1.29, 1.82) is 0 Å². The quantitative estimate of drug-likeness (QED) is 0.589. The lowest BCUT2D eigenvalue weighted by molar-refractivity contribution is -0.141. The maximum absolute atomic E-state index is 11.1. The van der Waals surface area contributed by atoms with Gasteiger partial charge in [-0.05, 0) is 30.0 Å². The van der Waals surface area contributed by atoms with Gasteiger partial charge in [-0.2, -0.15) is 0 Å². The fourth-order valence-electron chi connectivity index (χ4n) is 1.48. The normalized spacial score (nSPS) is 10.4. The molecule has 0 aliphatic heterocycles. The minimum Gasteiger partial charge on any atom is -0.465 e. The lowest BCUT2D eigenvalue weighted by Crippen LogP contribution is -2.10. The maximum atomic E-state index is 11.1. The topological polar surface area (TPSA) is 26.3 Å². The summed E-state index contributed by atoms with van der Waals surface area (Å²) in [6.45, 7) is 8.72. The summed E-state index contributed by atoms with van der Waals surface area (Å²) in [5, 5.41) is 0. The molecule has 0 amide bonds. The number of carbonyl (C=O) groups excluding carboxylic acids is 1. The molecule has 96 valence electrons. The van der Waals surface area contributed by atoms with Crippen LogP contribution >= 0.6 is 0 Å². The number of hydrogen-bond donors (Lipinski definition) is 0. The third kappa shape index (κ3) is 4.63. The van der Waals surface area contributed by atoms with Gasteiger partial charge in [-0.15, -0.1) is 0 Å². The van der Waals surface area contributed by atoms with Crippen LogP contribution in [0.4, 0.5) is 0 Å². The van der Waals surface area contributed by atoms with E-state index in [2.05, 4.69) is 44.7 Å². The minimum atomic E-state index is -0.267. The fourth-order valence-corrected chi connectivity index (χ4v) is 1.48. The summed E-state index contributed by atoms with van der Waals surface area (Å²) < 4.78 is 4.80. The molecule has 0 unspecified atom stereocenters. The van der Waals surface area contributed by atoms with E-state index in [9.17, 15) is 4.79 Å². The van der Waals surface area contributed by atoms with E-state index in [0.717, 1.165) is 5.56 Å². The van der Waals surface area contributed by atoms with Crippen molar-refractivity contribution in [2.75, 3.05) is 6.61 Å². The highest BCUT2D eigenvalue weighted by Crippen LogP contribution is 2.21. The Morgan fingerprint density at radius 1 is 1.22 bits per heavy atom. The molecule has 1 aromatic rings. The van der Waals surface area contributed by atoms with Crippen molar-refractivity contribution in [3.05, 3.63) is 35.4 Å². The molecule has 0 fully saturated rings. The molecule has 2 heteroatoms. The van der Waals surface area contributed by atoms with Gasteiger partial charge in [0.05, 0.1) is 6.61 Å². The Hall–Kier alpha value is -1.75. The van der Waals surface area contributed by atoms with Crippen LogP contribution in [-0.4, -0.2) is 12.6 Å². The second kappa shape index (κ2) is 6.26. The number of benzene rings is 1. The lowest BCUT2D eigenvalue weighted by Gasteiger charge is -2.18. The zero-order valence-corrected chi connectivity index (χ0v) is 11.5. The van der Waals surface area contributed by atoms with E-state index < -0.39 is 0 Å². The molecule has 0 aliphatic carbocycles. The second-order valence-electron chi connectivity index (χ2n) is 5.11. The monoisotopic (exact) mass is 244 g/mol. The second-order valence-corrected chi connectivity index (χ2v) is 5.11. The van der Waals surface area contributed by atoms with E-state index in [1.54, 1.807) is 6.92 Å². The van der Waals surface area contributed by atoms with Gasteiger partial charge in [-0.25, -0.2) is 0 Å². The van der Waals surface area contributed by atoms with Gasteiger partial charge in [0.1, 0.15) is 6.42 Å². The largest absolute Gasteiger partial charge is 0.465 e. The Morgan fingerprint density at radius 2 is 1.83 bits per heavy atom. The van der Waals surface area contributed by atoms with Crippen molar-refractivity contribution in [3.63, 3.8) is 0 Å². The number of hydrogen-bond acceptors (Lipinski definition) is 2. The summed E-state index contributed by atoms with van der Waals surface area (Å²) in [6.07, 6.45) is 0.148. The smallest absolute Gasteiger partial charge is 0.317 e. The average Bonchev–Trinajstić information content (AvgIpc) is 2.29. The van der Waals surface area contributed by atoms with E-state index in [1.165, 1.54) is 5.56 Å². The Balaban J connectivity index is 2.65. The van der Waals surface area contributed by atoms with Crippen molar-refractivity contribution < 1.29 is 9.53 Å². The van der Waals surface area contributed by atoms with Gasteiger partial charge < -0.3 is 4.74 Å². The number of rotatable bonds is 2. The van der Waals surface area contributed by atoms with Crippen LogP contribution < -0.4 is 0 Å². The van der Waals surface area contributed by atoms with Crippen molar-refractivity contribution in [3.8, 4) is 11.8 Å². The van der Waals surface area contributed by atoms with Crippen molar-refractivity contribution in [1.82, 2.24) is 0 Å². The van der Waals surface area contributed by atoms with Gasteiger partial charge in [0.2, 0.25) is 0 Å².